The molecule has 0 radical (unpaired) electrons. The summed E-state index contributed by atoms with van der Waals surface area (Å²) in [6.07, 6.45) is -0.454. The molecule has 0 aliphatic carbocycles. The zero-order valence-electron chi connectivity index (χ0n) is 17.2. The molecule has 3 aromatic rings. The number of methoxy groups -OCH3 is 1. The molecule has 0 unspecified atom stereocenters. The van der Waals surface area contributed by atoms with Crippen molar-refractivity contribution in [1.29, 1.82) is 0 Å². The summed E-state index contributed by atoms with van der Waals surface area (Å²) in [5.41, 5.74) is 1.72. The number of ether oxygens (including phenoxy) is 2. The molecule has 2 amide bonds. The molecule has 7 nitrogen and oxygen atoms in total. The third-order valence-electron chi connectivity index (χ3n) is 4.68. The van der Waals surface area contributed by atoms with E-state index in [0.717, 1.165) is 21.9 Å². The Labute approximate surface area is 180 Å². The summed E-state index contributed by atoms with van der Waals surface area (Å²) >= 11 is 0. The van der Waals surface area contributed by atoms with Gasteiger partial charge in [0.25, 0.3) is 0 Å². The molecule has 0 heterocycles. The first-order valence-corrected chi connectivity index (χ1v) is 9.84. The van der Waals surface area contributed by atoms with Crippen LogP contribution < -0.4 is 10.6 Å². The van der Waals surface area contributed by atoms with Crippen LogP contribution in [0.15, 0.2) is 72.8 Å². The largest absolute Gasteiger partial charge is 0.467 e. The zero-order chi connectivity index (χ0) is 22.1. The molecule has 31 heavy (non-hydrogen) atoms. The van der Waals surface area contributed by atoms with Crippen LogP contribution in [0.4, 0.5) is 4.79 Å². The number of hydrogen-bond acceptors (Lipinski definition) is 5. The van der Waals surface area contributed by atoms with Gasteiger partial charge in [0.15, 0.2) is 0 Å². The van der Waals surface area contributed by atoms with E-state index in [1.807, 2.05) is 72.8 Å². The Morgan fingerprint density at radius 2 is 1.58 bits per heavy atom. The number of benzene rings is 3. The minimum absolute atomic E-state index is 0.0983. The summed E-state index contributed by atoms with van der Waals surface area (Å²) in [7, 11) is 1.26. The van der Waals surface area contributed by atoms with Gasteiger partial charge in [-0.15, -0.1) is 0 Å². The molecule has 7 heteroatoms. The van der Waals surface area contributed by atoms with E-state index >= 15 is 0 Å². The standard InChI is InChI=1S/C24H24N2O5/c1-30-23(28)21(14-18-11-12-19-9-5-6-10-20(19)13-18)26-22(27)15-25-24(29)31-16-17-7-3-2-4-8-17/h2-13,21H,14-16H2,1H3,(H,25,29)(H,26,27)/t21-/m0/s1. The van der Waals surface area contributed by atoms with E-state index in [0.29, 0.717) is 0 Å². The average Bonchev–Trinajstić information content (AvgIpc) is 2.81. The zero-order valence-corrected chi connectivity index (χ0v) is 17.2. The molecule has 160 valence electrons. The van der Waals surface area contributed by atoms with E-state index in [-0.39, 0.29) is 19.6 Å². The average molecular weight is 420 g/mol. The van der Waals surface area contributed by atoms with E-state index < -0.39 is 24.0 Å². The highest BCUT2D eigenvalue weighted by Gasteiger charge is 2.22. The lowest BCUT2D eigenvalue weighted by molar-refractivity contribution is -0.144. The fraction of sp³-hybridized carbons (Fsp3) is 0.208. The number of esters is 1. The van der Waals surface area contributed by atoms with E-state index in [2.05, 4.69) is 10.6 Å². The summed E-state index contributed by atoms with van der Waals surface area (Å²) in [6, 6.07) is 22.0. The Morgan fingerprint density at radius 3 is 2.32 bits per heavy atom. The third-order valence-corrected chi connectivity index (χ3v) is 4.68. The Morgan fingerprint density at radius 1 is 0.871 bits per heavy atom. The molecule has 0 aromatic heterocycles. The second-order valence-electron chi connectivity index (χ2n) is 6.94. The molecule has 0 bridgehead atoms. The van der Waals surface area contributed by atoms with Crippen molar-refractivity contribution in [2.75, 3.05) is 13.7 Å². The molecule has 0 saturated heterocycles. The second kappa shape index (κ2) is 10.8. The molecular formula is C24H24N2O5. The summed E-state index contributed by atoms with van der Waals surface area (Å²) in [5, 5.41) is 7.11. The highest BCUT2D eigenvalue weighted by Crippen LogP contribution is 2.17. The first-order chi connectivity index (χ1) is 15.0. The van der Waals surface area contributed by atoms with Gasteiger partial charge in [-0.3, -0.25) is 4.79 Å². The van der Waals surface area contributed by atoms with Crippen LogP contribution in [0.25, 0.3) is 10.8 Å². The van der Waals surface area contributed by atoms with Crippen LogP contribution in [0.5, 0.6) is 0 Å². The van der Waals surface area contributed by atoms with Gasteiger partial charge in [-0.25, -0.2) is 9.59 Å². The van der Waals surface area contributed by atoms with Gasteiger partial charge in [0.2, 0.25) is 5.91 Å². The Hall–Kier alpha value is -3.87. The molecule has 3 rings (SSSR count). The van der Waals surface area contributed by atoms with Gasteiger partial charge in [-0.2, -0.15) is 0 Å². The van der Waals surface area contributed by atoms with Gasteiger partial charge in [-0.05, 0) is 21.9 Å². The smallest absolute Gasteiger partial charge is 0.407 e. The summed E-state index contributed by atoms with van der Waals surface area (Å²) < 4.78 is 9.89. The number of carbonyl (C=O) groups excluding carboxylic acids is 3. The Kier molecular flexibility index (Phi) is 7.59. The Balaban J connectivity index is 1.52. The lowest BCUT2D eigenvalue weighted by Gasteiger charge is -2.17. The highest BCUT2D eigenvalue weighted by atomic mass is 16.5. The van der Waals surface area contributed by atoms with E-state index in [9.17, 15) is 14.4 Å². The van der Waals surface area contributed by atoms with Crippen LogP contribution in [0.3, 0.4) is 0 Å². The van der Waals surface area contributed by atoms with Gasteiger partial charge < -0.3 is 20.1 Å². The number of amides is 2. The number of carbonyl (C=O) groups is 3. The first-order valence-electron chi connectivity index (χ1n) is 9.84. The minimum Gasteiger partial charge on any atom is -0.467 e. The SMILES string of the molecule is COC(=O)[C@H](Cc1ccc2ccccc2c1)NC(=O)CNC(=O)OCc1ccccc1. The number of alkyl carbamates (subject to hydrolysis) is 1. The Bertz CT molecular complexity index is 1050. The lowest BCUT2D eigenvalue weighted by atomic mass is 10.0. The predicted molar refractivity (Wildman–Crippen MR) is 116 cm³/mol. The van der Waals surface area contributed by atoms with Gasteiger partial charge in [-0.1, -0.05) is 72.8 Å². The molecule has 1 atom stereocenters. The lowest BCUT2D eigenvalue weighted by Crippen LogP contribution is -2.47. The molecule has 2 N–H and O–H groups in total. The summed E-state index contributed by atoms with van der Waals surface area (Å²) in [4.78, 5) is 36.2. The number of hydrogen-bond donors (Lipinski definition) is 2. The van der Waals surface area contributed by atoms with E-state index in [1.54, 1.807) is 0 Å². The molecular weight excluding hydrogens is 396 g/mol. The quantitative estimate of drug-likeness (QED) is 0.547. The van der Waals surface area contributed by atoms with Crippen molar-refractivity contribution in [2.45, 2.75) is 19.1 Å². The van der Waals surface area contributed by atoms with Gasteiger partial charge in [0.1, 0.15) is 19.2 Å². The predicted octanol–water partition coefficient (Wildman–Crippen LogP) is 2.97. The maximum atomic E-state index is 12.3. The first kappa shape index (κ1) is 21.8. The van der Waals surface area contributed by atoms with Crippen molar-refractivity contribution in [3.63, 3.8) is 0 Å². The summed E-state index contributed by atoms with van der Waals surface area (Å²) in [5.74, 6) is -1.08. The maximum absolute atomic E-state index is 12.3. The number of nitrogens with one attached hydrogen (secondary N) is 2. The molecule has 3 aromatic carbocycles. The fourth-order valence-corrected chi connectivity index (χ4v) is 3.11. The van der Waals surface area contributed by atoms with Crippen molar-refractivity contribution in [1.82, 2.24) is 10.6 Å². The fourth-order valence-electron chi connectivity index (χ4n) is 3.11. The van der Waals surface area contributed by atoms with Crippen LogP contribution >= 0.6 is 0 Å². The van der Waals surface area contributed by atoms with Gasteiger partial charge >= 0.3 is 12.1 Å². The molecule has 0 spiro atoms. The van der Waals surface area contributed by atoms with Gasteiger partial charge in [0, 0.05) is 6.42 Å². The van der Waals surface area contributed by atoms with Gasteiger partial charge in [0.05, 0.1) is 7.11 Å². The van der Waals surface area contributed by atoms with Crippen LogP contribution in [0.1, 0.15) is 11.1 Å². The van der Waals surface area contributed by atoms with E-state index in [4.69, 9.17) is 9.47 Å². The highest BCUT2D eigenvalue weighted by molar-refractivity contribution is 5.88. The van der Waals surface area contributed by atoms with Crippen LogP contribution in [0.2, 0.25) is 0 Å². The monoisotopic (exact) mass is 420 g/mol. The van der Waals surface area contributed by atoms with Crippen LogP contribution in [-0.2, 0) is 32.1 Å². The maximum Gasteiger partial charge on any atom is 0.407 e. The number of rotatable bonds is 8. The van der Waals surface area contributed by atoms with Crippen LogP contribution in [-0.4, -0.2) is 37.7 Å². The van der Waals surface area contributed by atoms with Crippen molar-refractivity contribution in [3.05, 3.63) is 83.9 Å². The molecule has 0 fully saturated rings. The second-order valence-corrected chi connectivity index (χ2v) is 6.94. The topological polar surface area (TPSA) is 93.7 Å². The molecule has 0 saturated carbocycles. The van der Waals surface area contributed by atoms with E-state index in [1.165, 1.54) is 7.11 Å². The number of fused-ring (bicyclic) bond motifs is 1. The molecule has 0 aliphatic rings. The third kappa shape index (κ3) is 6.57. The summed E-state index contributed by atoms with van der Waals surface area (Å²) in [6.45, 7) is -0.222. The molecule has 0 aliphatic heterocycles. The van der Waals surface area contributed by atoms with Crippen molar-refractivity contribution in [3.8, 4) is 0 Å². The van der Waals surface area contributed by atoms with Crippen LogP contribution in [0, 0.1) is 0 Å². The van der Waals surface area contributed by atoms with Crippen molar-refractivity contribution in [2.24, 2.45) is 0 Å². The van der Waals surface area contributed by atoms with Crippen molar-refractivity contribution < 1.29 is 23.9 Å². The minimum atomic E-state index is -0.874. The van der Waals surface area contributed by atoms with Crippen molar-refractivity contribution >= 4 is 28.7 Å². The normalized spacial score (nSPS) is 11.4.